The van der Waals surface area contributed by atoms with E-state index in [1.165, 1.54) is 4.88 Å². The molecule has 0 bridgehead atoms. The molecule has 0 saturated carbocycles. The van der Waals surface area contributed by atoms with Crippen molar-refractivity contribution in [2.45, 2.75) is 25.8 Å². The molecule has 0 aliphatic heterocycles. The first-order valence-corrected chi connectivity index (χ1v) is 6.81. The van der Waals surface area contributed by atoms with Gasteiger partial charge in [-0.15, -0.1) is 11.3 Å². The molecule has 92 valence electrons. The van der Waals surface area contributed by atoms with Gasteiger partial charge in [-0.1, -0.05) is 18.5 Å². The summed E-state index contributed by atoms with van der Waals surface area (Å²) in [6.45, 7) is 2.10. The first kappa shape index (κ1) is 12.6. The predicted molar refractivity (Wildman–Crippen MR) is 72.5 cm³/mol. The zero-order chi connectivity index (χ0) is 12.4. The summed E-state index contributed by atoms with van der Waals surface area (Å²) in [7, 11) is 1.93. The van der Waals surface area contributed by atoms with Crippen LogP contribution in [0.2, 0.25) is 4.34 Å². The van der Waals surface area contributed by atoms with Crippen LogP contribution in [-0.2, 0) is 19.9 Å². The van der Waals surface area contributed by atoms with E-state index < -0.39 is 0 Å². The number of hydrogen-bond acceptors (Lipinski definition) is 3. The summed E-state index contributed by atoms with van der Waals surface area (Å²) < 4.78 is 2.64. The van der Waals surface area contributed by atoms with E-state index >= 15 is 0 Å². The second-order valence-electron chi connectivity index (χ2n) is 4.07. The molecule has 0 spiro atoms. The minimum absolute atomic E-state index is 0.00614. The Bertz CT molecular complexity index is 504. The minimum Gasteiger partial charge on any atom is -0.324 e. The average molecular weight is 270 g/mol. The van der Waals surface area contributed by atoms with Gasteiger partial charge in [-0.3, -0.25) is 4.68 Å². The van der Waals surface area contributed by atoms with Crippen molar-refractivity contribution < 1.29 is 0 Å². The Labute approximate surface area is 110 Å². The number of nitrogens with two attached hydrogens (primary N) is 1. The molecule has 2 N–H and O–H groups in total. The molecule has 0 saturated heterocycles. The molecule has 0 fully saturated rings. The molecule has 2 rings (SSSR count). The van der Waals surface area contributed by atoms with Crippen LogP contribution in [0, 0.1) is 0 Å². The van der Waals surface area contributed by atoms with Crippen LogP contribution in [0.3, 0.4) is 0 Å². The van der Waals surface area contributed by atoms with E-state index in [1.807, 2.05) is 30.1 Å². The summed E-state index contributed by atoms with van der Waals surface area (Å²) in [5.74, 6) is 0. The lowest BCUT2D eigenvalue weighted by Crippen LogP contribution is -2.13. The summed E-state index contributed by atoms with van der Waals surface area (Å²) in [5, 5.41) is 4.41. The third kappa shape index (κ3) is 2.89. The Morgan fingerprint density at radius 2 is 2.29 bits per heavy atom. The number of rotatable bonds is 4. The zero-order valence-electron chi connectivity index (χ0n) is 9.98. The fraction of sp³-hybridized carbons (Fsp3) is 0.417. The number of halogens is 1. The highest BCUT2D eigenvalue weighted by molar-refractivity contribution is 7.16. The van der Waals surface area contributed by atoms with E-state index in [0.29, 0.717) is 0 Å². The van der Waals surface area contributed by atoms with Crippen molar-refractivity contribution in [1.29, 1.82) is 0 Å². The maximum Gasteiger partial charge on any atom is 0.0931 e. The molecule has 0 radical (unpaired) electrons. The highest BCUT2D eigenvalue weighted by Gasteiger charge is 2.15. The van der Waals surface area contributed by atoms with Gasteiger partial charge in [0.2, 0.25) is 0 Å². The monoisotopic (exact) mass is 269 g/mol. The molecule has 2 aromatic rings. The molecule has 2 heterocycles. The fourth-order valence-corrected chi connectivity index (χ4v) is 3.07. The van der Waals surface area contributed by atoms with Crippen LogP contribution >= 0.6 is 22.9 Å². The molecule has 0 aromatic carbocycles. The minimum atomic E-state index is -0.00614. The molecule has 1 atom stereocenters. The standard InChI is InChI=1S/C12H16ClN3S/c1-3-11-9(7-16(2)15-11)10(14)6-8-4-5-12(13)17-8/h4-5,7,10H,3,6,14H2,1-2H3. The van der Waals surface area contributed by atoms with Gasteiger partial charge in [0.25, 0.3) is 0 Å². The van der Waals surface area contributed by atoms with Crippen LogP contribution < -0.4 is 5.73 Å². The summed E-state index contributed by atoms with van der Waals surface area (Å²) >= 11 is 7.50. The SMILES string of the molecule is CCc1nn(C)cc1C(N)Cc1ccc(Cl)s1. The molecule has 0 aliphatic carbocycles. The molecule has 5 heteroatoms. The Morgan fingerprint density at radius 1 is 1.53 bits per heavy atom. The second kappa shape index (κ2) is 5.21. The number of aryl methyl sites for hydroxylation is 2. The van der Waals surface area contributed by atoms with Crippen LogP contribution in [0.1, 0.15) is 29.1 Å². The Hall–Kier alpha value is -0.840. The quantitative estimate of drug-likeness (QED) is 0.927. The van der Waals surface area contributed by atoms with Gasteiger partial charge in [0.15, 0.2) is 0 Å². The van der Waals surface area contributed by atoms with Gasteiger partial charge in [-0.2, -0.15) is 5.10 Å². The molecule has 2 aromatic heterocycles. The zero-order valence-corrected chi connectivity index (χ0v) is 11.6. The van der Waals surface area contributed by atoms with E-state index in [1.54, 1.807) is 11.3 Å². The Morgan fingerprint density at radius 3 is 2.88 bits per heavy atom. The van der Waals surface area contributed by atoms with E-state index in [2.05, 4.69) is 12.0 Å². The molecule has 17 heavy (non-hydrogen) atoms. The van der Waals surface area contributed by atoms with Crippen molar-refractivity contribution in [2.24, 2.45) is 12.8 Å². The second-order valence-corrected chi connectivity index (χ2v) is 5.87. The van der Waals surface area contributed by atoms with E-state index in [4.69, 9.17) is 17.3 Å². The molecular formula is C12H16ClN3S. The van der Waals surface area contributed by atoms with Crippen molar-refractivity contribution in [3.05, 3.63) is 38.8 Å². The lowest BCUT2D eigenvalue weighted by molar-refractivity contribution is 0.719. The lowest BCUT2D eigenvalue weighted by Gasteiger charge is -2.09. The molecule has 3 nitrogen and oxygen atoms in total. The Balaban J connectivity index is 2.16. The van der Waals surface area contributed by atoms with Gasteiger partial charge in [0.05, 0.1) is 10.0 Å². The van der Waals surface area contributed by atoms with Crippen molar-refractivity contribution >= 4 is 22.9 Å². The summed E-state index contributed by atoms with van der Waals surface area (Å²) in [5.41, 5.74) is 8.46. The van der Waals surface area contributed by atoms with Gasteiger partial charge in [-0.25, -0.2) is 0 Å². The third-order valence-corrected chi connectivity index (χ3v) is 3.98. The maximum absolute atomic E-state index is 6.24. The fourth-order valence-electron chi connectivity index (χ4n) is 1.93. The average Bonchev–Trinajstić information content (AvgIpc) is 2.84. The van der Waals surface area contributed by atoms with E-state index in [0.717, 1.165) is 28.4 Å². The van der Waals surface area contributed by atoms with Crippen LogP contribution in [0.4, 0.5) is 0 Å². The van der Waals surface area contributed by atoms with Gasteiger partial charge in [0.1, 0.15) is 0 Å². The highest BCUT2D eigenvalue weighted by Crippen LogP contribution is 2.26. The molecular weight excluding hydrogens is 254 g/mol. The van der Waals surface area contributed by atoms with Crippen molar-refractivity contribution in [1.82, 2.24) is 9.78 Å². The van der Waals surface area contributed by atoms with Gasteiger partial charge in [0, 0.05) is 36.1 Å². The van der Waals surface area contributed by atoms with Gasteiger partial charge >= 0.3 is 0 Å². The van der Waals surface area contributed by atoms with Crippen LogP contribution in [0.5, 0.6) is 0 Å². The molecule has 1 unspecified atom stereocenters. The third-order valence-electron chi connectivity index (χ3n) is 2.72. The predicted octanol–water partition coefficient (Wildman–Crippen LogP) is 2.94. The number of aromatic nitrogens is 2. The highest BCUT2D eigenvalue weighted by atomic mass is 35.5. The van der Waals surface area contributed by atoms with Crippen molar-refractivity contribution in [3.63, 3.8) is 0 Å². The van der Waals surface area contributed by atoms with Crippen molar-refractivity contribution in [3.8, 4) is 0 Å². The van der Waals surface area contributed by atoms with Gasteiger partial charge in [-0.05, 0) is 18.6 Å². The molecule has 0 aliphatic rings. The van der Waals surface area contributed by atoms with Crippen LogP contribution in [0.25, 0.3) is 0 Å². The smallest absolute Gasteiger partial charge is 0.0931 e. The maximum atomic E-state index is 6.24. The first-order chi connectivity index (χ1) is 8.10. The summed E-state index contributed by atoms with van der Waals surface area (Å²) in [4.78, 5) is 1.22. The van der Waals surface area contributed by atoms with E-state index in [-0.39, 0.29) is 6.04 Å². The Kier molecular flexibility index (Phi) is 3.86. The van der Waals surface area contributed by atoms with E-state index in [9.17, 15) is 0 Å². The van der Waals surface area contributed by atoms with Crippen LogP contribution in [-0.4, -0.2) is 9.78 Å². The van der Waals surface area contributed by atoms with Crippen LogP contribution in [0.15, 0.2) is 18.3 Å². The van der Waals surface area contributed by atoms with Gasteiger partial charge < -0.3 is 5.73 Å². The lowest BCUT2D eigenvalue weighted by atomic mass is 10.0. The summed E-state index contributed by atoms with van der Waals surface area (Å²) in [6, 6.07) is 3.95. The first-order valence-electron chi connectivity index (χ1n) is 5.62. The largest absolute Gasteiger partial charge is 0.324 e. The van der Waals surface area contributed by atoms with Crippen molar-refractivity contribution in [2.75, 3.05) is 0 Å². The molecule has 0 amide bonds. The summed E-state index contributed by atoms with van der Waals surface area (Å²) in [6.07, 6.45) is 3.74. The normalized spacial score (nSPS) is 12.9. The number of nitrogens with zero attached hydrogens (tertiary/aromatic N) is 2. The topological polar surface area (TPSA) is 43.8 Å². The number of hydrogen-bond donors (Lipinski definition) is 1. The number of thiophene rings is 1.